The predicted molar refractivity (Wildman–Crippen MR) is 66.4 cm³/mol. The topological polar surface area (TPSA) is 24.9 Å². The molecule has 2 rings (SSSR count). The molecule has 1 aromatic carbocycles. The summed E-state index contributed by atoms with van der Waals surface area (Å²) in [5.74, 6) is -0.222. The third kappa shape index (κ3) is 2.31. The molecule has 16 heavy (non-hydrogen) atoms. The fraction of sp³-hybridized carbons (Fsp3) is 0.0833. The molecular weight excluding hydrogens is 227 g/mol. The third-order valence-corrected chi connectivity index (χ3v) is 2.25. The smallest absolute Gasteiger partial charge is 0.131 e. The number of nitrogens with zero attached hydrogens (tertiary/aromatic N) is 1. The lowest BCUT2D eigenvalue weighted by Crippen LogP contribution is -1.94. The summed E-state index contributed by atoms with van der Waals surface area (Å²) in [5, 5.41) is 2.99. The van der Waals surface area contributed by atoms with Crippen LogP contribution in [0.5, 0.6) is 0 Å². The second kappa shape index (κ2) is 5.47. The Bertz CT molecular complexity index is 474. The zero-order valence-corrected chi connectivity index (χ0v) is 9.59. The number of aromatic nitrogens is 1. The summed E-state index contributed by atoms with van der Waals surface area (Å²) in [4.78, 5) is 3.99. The summed E-state index contributed by atoms with van der Waals surface area (Å²) >= 11 is 0. The number of nitrogens with one attached hydrogen (secondary N) is 1. The van der Waals surface area contributed by atoms with E-state index in [1.54, 1.807) is 37.6 Å². The molecule has 0 saturated carbocycles. The third-order valence-electron chi connectivity index (χ3n) is 2.25. The Morgan fingerprint density at radius 3 is 2.56 bits per heavy atom. The lowest BCUT2D eigenvalue weighted by atomic mass is 10.1. The normalized spacial score (nSPS) is 9.38. The molecule has 0 spiro atoms. The SMILES string of the molecule is CNc1cnccc1-c1ccccc1F.Cl. The quantitative estimate of drug-likeness (QED) is 0.868. The number of hydrogen-bond acceptors (Lipinski definition) is 2. The number of anilines is 1. The zero-order chi connectivity index (χ0) is 10.7. The first-order valence-corrected chi connectivity index (χ1v) is 4.69. The number of pyridine rings is 1. The van der Waals surface area contributed by atoms with Crippen molar-refractivity contribution >= 4 is 18.1 Å². The highest BCUT2D eigenvalue weighted by Crippen LogP contribution is 2.28. The molecule has 0 unspecified atom stereocenters. The van der Waals surface area contributed by atoms with Gasteiger partial charge in [0.15, 0.2) is 0 Å². The van der Waals surface area contributed by atoms with Crippen molar-refractivity contribution in [3.8, 4) is 11.1 Å². The predicted octanol–water partition coefficient (Wildman–Crippen LogP) is 3.35. The van der Waals surface area contributed by atoms with Crippen molar-refractivity contribution < 1.29 is 4.39 Å². The van der Waals surface area contributed by atoms with Crippen LogP contribution >= 0.6 is 12.4 Å². The lowest BCUT2D eigenvalue weighted by molar-refractivity contribution is 0.631. The molecule has 0 saturated heterocycles. The summed E-state index contributed by atoms with van der Waals surface area (Å²) < 4.78 is 13.5. The Kier molecular flexibility index (Phi) is 4.26. The van der Waals surface area contributed by atoms with Crippen molar-refractivity contribution in [2.75, 3.05) is 12.4 Å². The molecule has 0 amide bonds. The van der Waals surface area contributed by atoms with E-state index >= 15 is 0 Å². The van der Waals surface area contributed by atoms with Crippen LogP contribution in [0.25, 0.3) is 11.1 Å². The molecule has 4 heteroatoms. The van der Waals surface area contributed by atoms with Gasteiger partial charge in [-0.2, -0.15) is 0 Å². The van der Waals surface area contributed by atoms with E-state index in [1.165, 1.54) is 6.07 Å². The average Bonchev–Trinajstić information content (AvgIpc) is 2.30. The maximum Gasteiger partial charge on any atom is 0.131 e. The molecule has 1 heterocycles. The second-order valence-electron chi connectivity index (χ2n) is 3.15. The van der Waals surface area contributed by atoms with Crippen LogP contribution in [0, 0.1) is 5.82 Å². The van der Waals surface area contributed by atoms with Crippen molar-refractivity contribution in [2.24, 2.45) is 0 Å². The van der Waals surface area contributed by atoms with Crippen LogP contribution in [0.2, 0.25) is 0 Å². The zero-order valence-electron chi connectivity index (χ0n) is 8.77. The molecule has 0 aliphatic carbocycles. The van der Waals surface area contributed by atoms with Crippen LogP contribution in [0.1, 0.15) is 0 Å². The van der Waals surface area contributed by atoms with Gasteiger partial charge in [-0.3, -0.25) is 4.98 Å². The Morgan fingerprint density at radius 1 is 1.12 bits per heavy atom. The highest BCUT2D eigenvalue weighted by molar-refractivity contribution is 5.85. The minimum atomic E-state index is -0.222. The summed E-state index contributed by atoms with van der Waals surface area (Å²) in [5.41, 5.74) is 2.23. The molecule has 1 N–H and O–H groups in total. The Morgan fingerprint density at radius 2 is 1.88 bits per heavy atom. The van der Waals surface area contributed by atoms with Crippen LogP contribution in [-0.4, -0.2) is 12.0 Å². The van der Waals surface area contributed by atoms with E-state index in [0.717, 1.165) is 11.3 Å². The monoisotopic (exact) mass is 238 g/mol. The van der Waals surface area contributed by atoms with Crippen LogP contribution < -0.4 is 5.32 Å². The number of rotatable bonds is 2. The molecule has 1 aromatic heterocycles. The highest BCUT2D eigenvalue weighted by atomic mass is 35.5. The first kappa shape index (κ1) is 12.5. The van der Waals surface area contributed by atoms with Crippen LogP contribution in [-0.2, 0) is 0 Å². The summed E-state index contributed by atoms with van der Waals surface area (Å²) in [6, 6.07) is 8.50. The van der Waals surface area contributed by atoms with Crippen molar-refractivity contribution in [3.05, 3.63) is 48.5 Å². The largest absolute Gasteiger partial charge is 0.386 e. The Hall–Kier alpha value is -1.61. The van der Waals surface area contributed by atoms with E-state index in [9.17, 15) is 4.39 Å². The van der Waals surface area contributed by atoms with E-state index in [2.05, 4.69) is 10.3 Å². The van der Waals surface area contributed by atoms with Gasteiger partial charge in [0.1, 0.15) is 5.82 Å². The van der Waals surface area contributed by atoms with E-state index in [0.29, 0.717) is 5.56 Å². The van der Waals surface area contributed by atoms with Gasteiger partial charge < -0.3 is 5.32 Å². The van der Waals surface area contributed by atoms with Gasteiger partial charge in [0.05, 0.1) is 11.9 Å². The molecule has 2 aromatic rings. The molecule has 0 aliphatic rings. The molecule has 0 aliphatic heterocycles. The molecule has 2 nitrogen and oxygen atoms in total. The van der Waals surface area contributed by atoms with Gasteiger partial charge in [-0.15, -0.1) is 12.4 Å². The van der Waals surface area contributed by atoms with Crippen molar-refractivity contribution in [3.63, 3.8) is 0 Å². The molecule has 0 atom stereocenters. The van der Waals surface area contributed by atoms with Crippen LogP contribution in [0.4, 0.5) is 10.1 Å². The van der Waals surface area contributed by atoms with Crippen molar-refractivity contribution in [1.29, 1.82) is 0 Å². The molecule has 0 radical (unpaired) electrons. The number of halogens is 2. The molecule has 0 fully saturated rings. The maximum absolute atomic E-state index is 13.5. The first-order chi connectivity index (χ1) is 7.33. The fourth-order valence-corrected chi connectivity index (χ4v) is 1.51. The maximum atomic E-state index is 13.5. The van der Waals surface area contributed by atoms with Gasteiger partial charge in [-0.05, 0) is 12.1 Å². The molecule has 0 bridgehead atoms. The summed E-state index contributed by atoms with van der Waals surface area (Å²) in [6.45, 7) is 0. The van der Waals surface area contributed by atoms with Gasteiger partial charge in [-0.1, -0.05) is 18.2 Å². The van der Waals surface area contributed by atoms with Gasteiger partial charge in [0.2, 0.25) is 0 Å². The Labute approximate surface area is 99.9 Å². The Balaban J connectivity index is 0.00000128. The first-order valence-electron chi connectivity index (χ1n) is 4.69. The van der Waals surface area contributed by atoms with Gasteiger partial charge in [-0.25, -0.2) is 4.39 Å². The fourth-order valence-electron chi connectivity index (χ4n) is 1.51. The van der Waals surface area contributed by atoms with E-state index < -0.39 is 0 Å². The number of benzene rings is 1. The van der Waals surface area contributed by atoms with Crippen LogP contribution in [0.15, 0.2) is 42.7 Å². The average molecular weight is 239 g/mol. The summed E-state index contributed by atoms with van der Waals surface area (Å²) in [7, 11) is 1.79. The van der Waals surface area contributed by atoms with Crippen molar-refractivity contribution in [2.45, 2.75) is 0 Å². The highest BCUT2D eigenvalue weighted by Gasteiger charge is 2.07. The van der Waals surface area contributed by atoms with Crippen molar-refractivity contribution in [1.82, 2.24) is 4.98 Å². The van der Waals surface area contributed by atoms with E-state index in [4.69, 9.17) is 0 Å². The van der Waals surface area contributed by atoms with Gasteiger partial charge >= 0.3 is 0 Å². The molecule has 84 valence electrons. The number of hydrogen-bond donors (Lipinski definition) is 1. The molecular formula is C12H12ClFN2. The van der Waals surface area contributed by atoms with Gasteiger partial charge in [0.25, 0.3) is 0 Å². The summed E-state index contributed by atoms with van der Waals surface area (Å²) in [6.07, 6.45) is 3.34. The minimum absolute atomic E-state index is 0. The van der Waals surface area contributed by atoms with E-state index in [1.807, 2.05) is 6.07 Å². The lowest BCUT2D eigenvalue weighted by Gasteiger charge is -2.08. The van der Waals surface area contributed by atoms with Gasteiger partial charge in [0, 0.05) is 24.4 Å². The second-order valence-corrected chi connectivity index (χ2v) is 3.15. The van der Waals surface area contributed by atoms with Crippen LogP contribution in [0.3, 0.4) is 0 Å². The standard InChI is InChI=1S/C12H11FN2.ClH/c1-14-12-8-15-7-6-10(12)9-4-2-3-5-11(9)13;/h2-8,14H,1H3;1H. The minimum Gasteiger partial charge on any atom is -0.386 e. The van der Waals surface area contributed by atoms with E-state index in [-0.39, 0.29) is 18.2 Å².